The zero-order valence-electron chi connectivity index (χ0n) is 11.5. The maximum atomic E-state index is 13.1. The molecule has 1 fully saturated rings. The first-order valence-electron chi connectivity index (χ1n) is 6.52. The summed E-state index contributed by atoms with van der Waals surface area (Å²) in [6.07, 6.45) is 0.744. The van der Waals surface area contributed by atoms with Crippen molar-refractivity contribution in [1.29, 1.82) is 0 Å². The van der Waals surface area contributed by atoms with E-state index in [0.29, 0.717) is 38.2 Å². The van der Waals surface area contributed by atoms with Crippen molar-refractivity contribution < 1.29 is 27.8 Å². The quantitative estimate of drug-likeness (QED) is 0.865. The van der Waals surface area contributed by atoms with Gasteiger partial charge in [-0.3, -0.25) is 4.79 Å². The second-order valence-electron chi connectivity index (χ2n) is 5.25. The number of ether oxygens (including phenoxy) is 1. The van der Waals surface area contributed by atoms with Crippen molar-refractivity contribution in [1.82, 2.24) is 4.90 Å². The van der Waals surface area contributed by atoms with Crippen LogP contribution in [0.2, 0.25) is 0 Å². The van der Waals surface area contributed by atoms with Crippen molar-refractivity contribution in [2.75, 3.05) is 26.8 Å². The number of hydrogen-bond acceptors (Lipinski definition) is 3. The van der Waals surface area contributed by atoms with E-state index in [1.807, 2.05) is 0 Å². The number of halogens is 3. The van der Waals surface area contributed by atoms with Gasteiger partial charge in [-0.05, 0) is 12.1 Å². The van der Waals surface area contributed by atoms with Crippen molar-refractivity contribution in [2.24, 2.45) is 0 Å². The summed E-state index contributed by atoms with van der Waals surface area (Å²) >= 11 is 0. The zero-order chi connectivity index (χ0) is 15.6. The molecule has 7 heteroatoms. The van der Waals surface area contributed by atoms with E-state index >= 15 is 0 Å². The molecule has 1 aromatic carbocycles. The van der Waals surface area contributed by atoms with E-state index in [-0.39, 0.29) is 12.1 Å². The number of carbonyl (C=O) groups excluding carboxylic acids is 1. The first-order valence-corrected chi connectivity index (χ1v) is 6.52. The number of nitrogens with zero attached hydrogens (tertiary/aromatic N) is 1. The third-order valence-corrected chi connectivity index (χ3v) is 3.53. The summed E-state index contributed by atoms with van der Waals surface area (Å²) in [5.74, 6) is -5.14. The monoisotopic (exact) mass is 303 g/mol. The van der Waals surface area contributed by atoms with Crippen LogP contribution in [0.15, 0.2) is 12.1 Å². The molecule has 21 heavy (non-hydrogen) atoms. The maximum absolute atomic E-state index is 13.1. The van der Waals surface area contributed by atoms with Crippen LogP contribution in [0.1, 0.15) is 23.2 Å². The Kier molecular flexibility index (Phi) is 4.53. The van der Waals surface area contributed by atoms with Crippen LogP contribution >= 0.6 is 0 Å². The average Bonchev–Trinajstić information content (AvgIpc) is 2.43. The Labute approximate surface area is 120 Å². The van der Waals surface area contributed by atoms with Gasteiger partial charge in [0.1, 0.15) is 0 Å². The summed E-state index contributed by atoms with van der Waals surface area (Å²) in [7, 11) is 1.41. The van der Waals surface area contributed by atoms with Gasteiger partial charge in [-0.2, -0.15) is 0 Å². The molecule has 1 saturated heterocycles. The molecule has 0 saturated carbocycles. The van der Waals surface area contributed by atoms with Gasteiger partial charge < -0.3 is 14.7 Å². The molecule has 0 unspecified atom stereocenters. The van der Waals surface area contributed by atoms with Gasteiger partial charge in [0, 0.05) is 45.2 Å². The molecule has 0 bridgehead atoms. The summed E-state index contributed by atoms with van der Waals surface area (Å²) in [6.45, 7) is 0.784. The van der Waals surface area contributed by atoms with E-state index in [1.165, 1.54) is 7.05 Å². The zero-order valence-corrected chi connectivity index (χ0v) is 11.5. The molecule has 1 N–H and O–H groups in total. The summed E-state index contributed by atoms with van der Waals surface area (Å²) in [5.41, 5.74) is -1.38. The topological polar surface area (TPSA) is 49.8 Å². The minimum absolute atomic E-state index is 0.00973. The Balaban J connectivity index is 2.12. The average molecular weight is 303 g/mol. The first-order chi connectivity index (χ1) is 9.82. The molecular formula is C14H16F3NO3. The Morgan fingerprint density at radius 3 is 2.33 bits per heavy atom. The fourth-order valence-electron chi connectivity index (χ4n) is 2.32. The number of benzene rings is 1. The van der Waals surface area contributed by atoms with Crippen LogP contribution in [0.5, 0.6) is 0 Å². The van der Waals surface area contributed by atoms with Crippen molar-refractivity contribution in [3.8, 4) is 0 Å². The number of aliphatic hydroxyl groups is 1. The highest BCUT2D eigenvalue weighted by Gasteiger charge is 2.32. The summed E-state index contributed by atoms with van der Waals surface area (Å²) < 4.78 is 44.3. The molecule has 1 aliphatic heterocycles. The lowest BCUT2D eigenvalue weighted by Crippen LogP contribution is -2.47. The van der Waals surface area contributed by atoms with Gasteiger partial charge in [0.15, 0.2) is 17.5 Å². The van der Waals surface area contributed by atoms with Crippen LogP contribution in [-0.4, -0.2) is 48.3 Å². The molecule has 0 aliphatic carbocycles. The molecule has 1 aliphatic rings. The van der Waals surface area contributed by atoms with Crippen LogP contribution in [-0.2, 0) is 4.74 Å². The van der Waals surface area contributed by atoms with Crippen LogP contribution in [0, 0.1) is 17.5 Å². The standard InChI is InChI=1S/C14H16F3NO3/c1-18(8-14(20)2-4-21-5-3-14)13(19)9-6-10(15)12(17)11(16)7-9/h6-7,20H,2-5,8H2,1H3. The van der Waals surface area contributed by atoms with Gasteiger partial charge in [0.05, 0.1) is 5.60 Å². The van der Waals surface area contributed by atoms with Crippen molar-refractivity contribution in [2.45, 2.75) is 18.4 Å². The third kappa shape index (κ3) is 3.54. The van der Waals surface area contributed by atoms with Crippen LogP contribution in [0.25, 0.3) is 0 Å². The number of rotatable bonds is 3. The van der Waals surface area contributed by atoms with E-state index in [4.69, 9.17) is 4.74 Å². The molecular weight excluding hydrogens is 287 g/mol. The van der Waals surface area contributed by atoms with Crippen LogP contribution in [0.4, 0.5) is 13.2 Å². The highest BCUT2D eigenvalue weighted by atomic mass is 19.2. The minimum Gasteiger partial charge on any atom is -0.388 e. The van der Waals surface area contributed by atoms with E-state index in [0.717, 1.165) is 4.90 Å². The lowest BCUT2D eigenvalue weighted by molar-refractivity contribution is -0.0734. The van der Waals surface area contributed by atoms with Crippen LogP contribution in [0.3, 0.4) is 0 Å². The molecule has 0 atom stereocenters. The Morgan fingerprint density at radius 1 is 1.29 bits per heavy atom. The number of amides is 1. The highest BCUT2D eigenvalue weighted by molar-refractivity contribution is 5.94. The van der Waals surface area contributed by atoms with Crippen molar-refractivity contribution in [3.63, 3.8) is 0 Å². The lowest BCUT2D eigenvalue weighted by atomic mass is 9.93. The summed E-state index contributed by atoms with van der Waals surface area (Å²) in [6, 6.07) is 1.29. The number of likely N-dealkylation sites (N-methyl/N-ethyl adjacent to an activating group) is 1. The number of carbonyl (C=O) groups is 1. The second kappa shape index (κ2) is 6.03. The Morgan fingerprint density at radius 2 is 1.81 bits per heavy atom. The van der Waals surface area contributed by atoms with Crippen molar-refractivity contribution in [3.05, 3.63) is 35.1 Å². The largest absolute Gasteiger partial charge is 0.388 e. The van der Waals surface area contributed by atoms with Gasteiger partial charge in [0.25, 0.3) is 5.91 Å². The van der Waals surface area contributed by atoms with E-state index in [1.54, 1.807) is 0 Å². The first kappa shape index (κ1) is 15.8. The minimum atomic E-state index is -1.61. The van der Waals surface area contributed by atoms with Crippen molar-refractivity contribution >= 4 is 5.91 Å². The van der Waals surface area contributed by atoms with E-state index < -0.39 is 29.0 Å². The molecule has 1 aromatic rings. The van der Waals surface area contributed by atoms with Gasteiger partial charge in [-0.25, -0.2) is 13.2 Å². The number of hydrogen-bond donors (Lipinski definition) is 1. The Bertz CT molecular complexity index is 521. The molecule has 4 nitrogen and oxygen atoms in total. The summed E-state index contributed by atoms with van der Waals surface area (Å²) in [5, 5.41) is 10.3. The predicted octanol–water partition coefficient (Wildman–Crippen LogP) is 1.72. The second-order valence-corrected chi connectivity index (χ2v) is 5.25. The highest BCUT2D eigenvalue weighted by Crippen LogP contribution is 2.22. The Hall–Kier alpha value is -1.60. The van der Waals surface area contributed by atoms with E-state index in [9.17, 15) is 23.1 Å². The molecule has 0 radical (unpaired) electrons. The van der Waals surface area contributed by atoms with Gasteiger partial charge in [-0.1, -0.05) is 0 Å². The van der Waals surface area contributed by atoms with Gasteiger partial charge in [-0.15, -0.1) is 0 Å². The molecule has 2 rings (SSSR count). The normalized spacial score (nSPS) is 17.6. The van der Waals surface area contributed by atoms with Gasteiger partial charge in [0.2, 0.25) is 0 Å². The fraction of sp³-hybridized carbons (Fsp3) is 0.500. The van der Waals surface area contributed by atoms with Crippen LogP contribution < -0.4 is 0 Å². The third-order valence-electron chi connectivity index (χ3n) is 3.53. The lowest BCUT2D eigenvalue weighted by Gasteiger charge is -2.35. The molecule has 116 valence electrons. The predicted molar refractivity (Wildman–Crippen MR) is 68.3 cm³/mol. The molecule has 0 spiro atoms. The molecule has 1 heterocycles. The SMILES string of the molecule is CN(CC1(O)CCOCC1)C(=O)c1cc(F)c(F)c(F)c1. The van der Waals surface area contributed by atoms with E-state index in [2.05, 4.69) is 0 Å². The summed E-state index contributed by atoms with van der Waals surface area (Å²) in [4.78, 5) is 13.3. The molecule has 1 amide bonds. The fourth-order valence-corrected chi connectivity index (χ4v) is 2.32. The molecule has 0 aromatic heterocycles. The van der Waals surface area contributed by atoms with Gasteiger partial charge >= 0.3 is 0 Å². The maximum Gasteiger partial charge on any atom is 0.253 e. The smallest absolute Gasteiger partial charge is 0.253 e.